The van der Waals surface area contributed by atoms with Gasteiger partial charge in [0.05, 0.1) is 21.1 Å². The van der Waals surface area contributed by atoms with Crippen molar-refractivity contribution >= 4 is 46.6 Å². The molecule has 0 spiro atoms. The Morgan fingerprint density at radius 2 is 1.75 bits per heavy atom. The second-order valence-electron chi connectivity index (χ2n) is 6.82. The number of non-ortho nitro benzene ring substituents is 1. The van der Waals surface area contributed by atoms with Crippen molar-refractivity contribution in [3.8, 4) is 0 Å². The number of hydrogen-bond acceptors (Lipinski definition) is 5. The average molecular weight is 474 g/mol. The number of nitrogens with one attached hydrogen (secondary N) is 1. The number of hydrogen-bond donors (Lipinski definition) is 1. The Morgan fingerprint density at radius 1 is 1.03 bits per heavy atom. The van der Waals surface area contributed by atoms with E-state index in [1.807, 2.05) is 0 Å². The highest BCUT2D eigenvalue weighted by Gasteiger charge is 2.20. The molecule has 0 aliphatic carbocycles. The van der Waals surface area contributed by atoms with Crippen LogP contribution in [0, 0.1) is 15.9 Å². The molecular weight excluding hydrogens is 457 g/mol. The second-order valence-corrected chi connectivity index (χ2v) is 8.31. The smallest absolute Gasteiger partial charge is 0.270 e. The molecule has 10 heteroatoms. The summed E-state index contributed by atoms with van der Waals surface area (Å²) in [6.45, 7) is 0. The summed E-state index contributed by atoms with van der Waals surface area (Å²) in [6, 6.07) is 14.2. The maximum atomic E-state index is 14.1. The summed E-state index contributed by atoms with van der Waals surface area (Å²) in [7, 11) is 3.18. The molecule has 0 atom stereocenters. The van der Waals surface area contributed by atoms with Crippen molar-refractivity contribution in [2.24, 2.45) is 0 Å². The van der Waals surface area contributed by atoms with Crippen LogP contribution in [0.1, 0.15) is 20.7 Å². The van der Waals surface area contributed by atoms with Crippen LogP contribution in [0.3, 0.4) is 0 Å². The van der Waals surface area contributed by atoms with E-state index in [0.29, 0.717) is 10.6 Å². The summed E-state index contributed by atoms with van der Waals surface area (Å²) in [6.07, 6.45) is 0. The van der Waals surface area contributed by atoms with Crippen molar-refractivity contribution in [2.45, 2.75) is 9.79 Å². The van der Waals surface area contributed by atoms with Gasteiger partial charge in [-0.05, 0) is 36.4 Å². The minimum absolute atomic E-state index is 0.00276. The number of nitro groups is 1. The molecule has 0 aliphatic heterocycles. The van der Waals surface area contributed by atoms with Crippen LogP contribution in [0.2, 0.25) is 5.02 Å². The summed E-state index contributed by atoms with van der Waals surface area (Å²) >= 11 is 7.16. The summed E-state index contributed by atoms with van der Waals surface area (Å²) < 4.78 is 14.1. The van der Waals surface area contributed by atoms with Crippen LogP contribution < -0.4 is 5.32 Å². The standard InChI is InChI=1S/C22H17ClFN3O4S/c1-26(2)22(29)15-9-7-13(11-17(15)23)25-21(28)16-12-14(27(30)31)8-10-19(16)32-20-6-4-3-5-18(20)24/h3-12H,1-2H3,(H,25,28). The van der Waals surface area contributed by atoms with Gasteiger partial charge in [-0.3, -0.25) is 19.7 Å². The van der Waals surface area contributed by atoms with E-state index in [1.165, 1.54) is 47.4 Å². The van der Waals surface area contributed by atoms with Crippen LogP contribution in [0.25, 0.3) is 0 Å². The largest absolute Gasteiger partial charge is 0.345 e. The van der Waals surface area contributed by atoms with Crippen LogP contribution in [-0.2, 0) is 0 Å². The summed E-state index contributed by atoms with van der Waals surface area (Å²) in [5.74, 6) is -1.42. The minimum Gasteiger partial charge on any atom is -0.345 e. The maximum absolute atomic E-state index is 14.1. The van der Waals surface area contributed by atoms with Crippen molar-refractivity contribution in [1.29, 1.82) is 0 Å². The molecule has 32 heavy (non-hydrogen) atoms. The van der Waals surface area contributed by atoms with E-state index in [-0.39, 0.29) is 32.6 Å². The molecule has 3 rings (SSSR count). The van der Waals surface area contributed by atoms with E-state index in [1.54, 1.807) is 26.2 Å². The lowest BCUT2D eigenvalue weighted by Crippen LogP contribution is -2.22. The highest BCUT2D eigenvalue weighted by atomic mass is 35.5. The zero-order valence-corrected chi connectivity index (χ0v) is 18.5. The Labute approximate surface area is 192 Å². The van der Waals surface area contributed by atoms with Crippen LogP contribution in [0.4, 0.5) is 15.8 Å². The molecule has 0 saturated heterocycles. The fraction of sp³-hybridized carbons (Fsp3) is 0.0909. The zero-order valence-electron chi connectivity index (χ0n) is 17.0. The molecule has 3 aromatic rings. The number of amides is 2. The van der Waals surface area contributed by atoms with E-state index < -0.39 is 16.6 Å². The van der Waals surface area contributed by atoms with Gasteiger partial charge in [-0.2, -0.15) is 0 Å². The van der Waals surface area contributed by atoms with E-state index in [0.717, 1.165) is 17.8 Å². The molecule has 0 fully saturated rings. The van der Waals surface area contributed by atoms with Gasteiger partial charge in [-0.1, -0.05) is 35.5 Å². The lowest BCUT2D eigenvalue weighted by molar-refractivity contribution is -0.384. The van der Waals surface area contributed by atoms with Gasteiger partial charge >= 0.3 is 0 Å². The van der Waals surface area contributed by atoms with Gasteiger partial charge < -0.3 is 10.2 Å². The molecule has 3 aromatic carbocycles. The summed E-state index contributed by atoms with van der Waals surface area (Å²) in [4.78, 5) is 37.7. The molecule has 1 N–H and O–H groups in total. The van der Waals surface area contributed by atoms with Crippen molar-refractivity contribution < 1.29 is 18.9 Å². The van der Waals surface area contributed by atoms with Crippen LogP contribution >= 0.6 is 23.4 Å². The van der Waals surface area contributed by atoms with E-state index in [2.05, 4.69) is 5.32 Å². The first-order chi connectivity index (χ1) is 15.2. The first-order valence-corrected chi connectivity index (χ1v) is 10.4. The van der Waals surface area contributed by atoms with Gasteiger partial charge in [0, 0.05) is 41.7 Å². The van der Waals surface area contributed by atoms with Gasteiger partial charge in [0.2, 0.25) is 0 Å². The predicted molar refractivity (Wildman–Crippen MR) is 121 cm³/mol. The Bertz CT molecular complexity index is 1220. The first-order valence-electron chi connectivity index (χ1n) is 9.20. The third kappa shape index (κ3) is 5.24. The number of nitro benzene ring substituents is 1. The number of anilines is 1. The second kappa shape index (κ2) is 9.80. The molecule has 7 nitrogen and oxygen atoms in total. The zero-order chi connectivity index (χ0) is 23.4. The van der Waals surface area contributed by atoms with Crippen molar-refractivity contribution in [2.75, 3.05) is 19.4 Å². The number of nitrogens with zero attached hydrogens (tertiary/aromatic N) is 2. The highest BCUT2D eigenvalue weighted by molar-refractivity contribution is 7.99. The fourth-order valence-electron chi connectivity index (χ4n) is 2.75. The van der Waals surface area contributed by atoms with Gasteiger partial charge in [0.15, 0.2) is 0 Å². The van der Waals surface area contributed by atoms with Crippen molar-refractivity contribution in [3.63, 3.8) is 0 Å². The Kier molecular flexibility index (Phi) is 7.12. The molecule has 0 saturated carbocycles. The molecule has 2 amide bonds. The van der Waals surface area contributed by atoms with Gasteiger partial charge in [-0.15, -0.1) is 0 Å². The van der Waals surface area contributed by atoms with Crippen LogP contribution in [-0.4, -0.2) is 35.7 Å². The number of carbonyl (C=O) groups excluding carboxylic acids is 2. The number of rotatable bonds is 6. The highest BCUT2D eigenvalue weighted by Crippen LogP contribution is 2.34. The Morgan fingerprint density at radius 3 is 2.38 bits per heavy atom. The van der Waals surface area contributed by atoms with Gasteiger partial charge in [-0.25, -0.2) is 4.39 Å². The molecule has 0 radical (unpaired) electrons. The van der Waals surface area contributed by atoms with Crippen molar-refractivity contribution in [1.82, 2.24) is 4.90 Å². The molecule has 0 aliphatic rings. The monoisotopic (exact) mass is 473 g/mol. The molecule has 0 heterocycles. The number of benzene rings is 3. The minimum atomic E-state index is -0.643. The van der Waals surface area contributed by atoms with E-state index in [9.17, 15) is 24.1 Å². The predicted octanol–water partition coefficient (Wildman–Crippen LogP) is 5.49. The number of halogens is 2. The normalized spacial score (nSPS) is 10.5. The summed E-state index contributed by atoms with van der Waals surface area (Å²) in [5.41, 5.74) is 0.277. The van der Waals surface area contributed by atoms with Crippen LogP contribution in [0.15, 0.2) is 70.5 Å². The molecular formula is C22H17ClFN3O4S. The van der Waals surface area contributed by atoms with E-state index >= 15 is 0 Å². The third-order valence-corrected chi connectivity index (χ3v) is 5.78. The molecule has 0 unspecified atom stereocenters. The van der Waals surface area contributed by atoms with Crippen LogP contribution in [0.5, 0.6) is 0 Å². The Balaban J connectivity index is 1.93. The lowest BCUT2D eigenvalue weighted by atomic mass is 10.1. The Hall–Kier alpha value is -3.43. The maximum Gasteiger partial charge on any atom is 0.270 e. The average Bonchev–Trinajstić information content (AvgIpc) is 2.75. The molecule has 0 aromatic heterocycles. The summed E-state index contributed by atoms with van der Waals surface area (Å²) in [5, 5.41) is 14.0. The lowest BCUT2D eigenvalue weighted by Gasteiger charge is -2.14. The topological polar surface area (TPSA) is 92.6 Å². The molecule has 0 bridgehead atoms. The SMILES string of the molecule is CN(C)C(=O)c1ccc(NC(=O)c2cc([N+](=O)[O-])ccc2Sc2ccccc2F)cc1Cl. The number of carbonyl (C=O) groups is 2. The fourth-order valence-corrected chi connectivity index (χ4v) is 3.96. The van der Waals surface area contributed by atoms with Gasteiger partial charge in [0.1, 0.15) is 5.82 Å². The van der Waals surface area contributed by atoms with Crippen molar-refractivity contribution in [3.05, 3.63) is 92.7 Å². The van der Waals surface area contributed by atoms with Gasteiger partial charge in [0.25, 0.3) is 17.5 Å². The first kappa shape index (κ1) is 23.2. The quantitative estimate of drug-likeness (QED) is 0.377. The van der Waals surface area contributed by atoms with E-state index in [4.69, 9.17) is 11.6 Å². The third-order valence-electron chi connectivity index (χ3n) is 4.34. The molecule has 164 valence electrons.